The van der Waals surface area contributed by atoms with Crippen molar-refractivity contribution < 1.29 is 14.6 Å². The van der Waals surface area contributed by atoms with Crippen LogP contribution in [0.1, 0.15) is 22.5 Å². The second-order valence-corrected chi connectivity index (χ2v) is 8.53. The number of aliphatic hydroxyl groups is 1. The van der Waals surface area contributed by atoms with E-state index in [2.05, 4.69) is 16.0 Å². The number of pyridine rings is 1. The molecule has 0 aliphatic carbocycles. The molecule has 0 amide bonds. The maximum atomic E-state index is 13.2. The van der Waals surface area contributed by atoms with Crippen LogP contribution in [-0.2, 0) is 38.1 Å². The first-order chi connectivity index (χ1) is 17.5. The highest BCUT2D eigenvalue weighted by Gasteiger charge is 2.17. The average Bonchev–Trinajstić information content (AvgIpc) is 3.30. The van der Waals surface area contributed by atoms with Crippen molar-refractivity contribution in [2.24, 2.45) is 7.05 Å². The molecular weight excluding hydrogens is 482 g/mol. The number of benzene rings is 2. The first-order valence-corrected chi connectivity index (χ1v) is 11.7. The van der Waals surface area contributed by atoms with Crippen LogP contribution in [0.15, 0.2) is 71.7 Å². The molecule has 0 atom stereocenters. The predicted molar refractivity (Wildman–Crippen MR) is 139 cm³/mol. The fourth-order valence-electron chi connectivity index (χ4n) is 3.80. The van der Waals surface area contributed by atoms with Crippen molar-refractivity contribution in [3.63, 3.8) is 0 Å². The monoisotopic (exact) mass is 509 g/mol. The summed E-state index contributed by atoms with van der Waals surface area (Å²) in [6, 6.07) is 18.1. The summed E-state index contributed by atoms with van der Waals surface area (Å²) in [6.07, 6.45) is 1.82. The summed E-state index contributed by atoms with van der Waals surface area (Å²) in [5.41, 5.74) is 9.55. The van der Waals surface area contributed by atoms with E-state index in [1.165, 1.54) is 6.07 Å². The lowest BCUT2D eigenvalue weighted by Gasteiger charge is -2.21. The summed E-state index contributed by atoms with van der Waals surface area (Å²) in [7, 11) is 3.43. The first kappa shape index (κ1) is 25.3. The minimum atomic E-state index is -0.313. The van der Waals surface area contributed by atoms with Crippen LogP contribution in [0.2, 0.25) is 5.02 Å². The van der Waals surface area contributed by atoms with Crippen molar-refractivity contribution in [2.75, 3.05) is 18.0 Å². The van der Waals surface area contributed by atoms with Gasteiger partial charge in [-0.3, -0.25) is 14.9 Å². The van der Waals surface area contributed by atoms with Crippen molar-refractivity contribution in [3.05, 3.63) is 105 Å². The van der Waals surface area contributed by atoms with Gasteiger partial charge in [-0.15, -0.1) is 0 Å². The van der Waals surface area contributed by atoms with Crippen molar-refractivity contribution in [2.45, 2.75) is 26.4 Å². The van der Waals surface area contributed by atoms with Gasteiger partial charge >= 0.3 is 0 Å². The molecule has 0 unspecified atom stereocenters. The van der Waals surface area contributed by atoms with E-state index < -0.39 is 0 Å². The number of aryl methyl sites for hydroxylation is 1. The van der Waals surface area contributed by atoms with Crippen LogP contribution in [0.25, 0.3) is 0 Å². The molecule has 4 rings (SSSR count). The summed E-state index contributed by atoms with van der Waals surface area (Å²) in [5, 5.41) is 15.2. The molecule has 0 bridgehead atoms. The normalized spacial score (nSPS) is 10.9. The van der Waals surface area contributed by atoms with Gasteiger partial charge < -0.3 is 24.6 Å². The standard InChI is InChI=1S/C26H28ClN5O4/c1-31-11-10-19(30-31)14-32-25(17-36-16-18-6-5-7-20(12-18)35-2)21(15-33)24(13-26(32)34)29-28-23-9-4-3-8-22(23)27/h3-13,28-29,33H,14-17H2,1-2H3. The van der Waals surface area contributed by atoms with E-state index in [1.807, 2.05) is 55.7 Å². The molecule has 2 heterocycles. The van der Waals surface area contributed by atoms with E-state index in [9.17, 15) is 9.90 Å². The van der Waals surface area contributed by atoms with Gasteiger partial charge in [0.15, 0.2) is 0 Å². The van der Waals surface area contributed by atoms with Gasteiger partial charge in [0.05, 0.1) is 61.3 Å². The summed E-state index contributed by atoms with van der Waals surface area (Å²) in [5.74, 6) is 0.732. The number of hydrazine groups is 1. The molecule has 4 aromatic rings. The second kappa shape index (κ2) is 11.8. The van der Waals surface area contributed by atoms with Gasteiger partial charge in [-0.1, -0.05) is 35.9 Å². The molecular formula is C26H28ClN5O4. The molecule has 10 heteroatoms. The van der Waals surface area contributed by atoms with E-state index in [4.69, 9.17) is 21.1 Å². The van der Waals surface area contributed by atoms with Crippen LogP contribution < -0.4 is 21.1 Å². The summed E-state index contributed by atoms with van der Waals surface area (Å²) in [4.78, 5) is 13.2. The van der Waals surface area contributed by atoms with Crippen molar-refractivity contribution in [1.82, 2.24) is 14.3 Å². The number of aliphatic hydroxyl groups excluding tert-OH is 1. The summed E-state index contributed by atoms with van der Waals surface area (Å²) in [6.45, 7) is 0.321. The van der Waals surface area contributed by atoms with E-state index in [0.717, 1.165) is 11.3 Å². The number of rotatable bonds is 11. The van der Waals surface area contributed by atoms with E-state index >= 15 is 0 Å². The Balaban J connectivity index is 1.64. The Labute approximate surface area is 213 Å². The van der Waals surface area contributed by atoms with Gasteiger partial charge in [0, 0.05) is 24.9 Å². The SMILES string of the molecule is COc1cccc(COCc2c(CO)c(NNc3ccccc3Cl)cc(=O)n2Cc2ccn(C)n2)c1. The number of nitrogens with one attached hydrogen (secondary N) is 2. The zero-order chi connectivity index (χ0) is 25.5. The number of nitrogens with zero attached hydrogens (tertiary/aromatic N) is 3. The van der Waals surface area contributed by atoms with Crippen molar-refractivity contribution >= 4 is 23.0 Å². The molecule has 2 aromatic carbocycles. The maximum absolute atomic E-state index is 13.2. The van der Waals surface area contributed by atoms with Gasteiger partial charge in [0.1, 0.15) is 5.75 Å². The minimum Gasteiger partial charge on any atom is -0.497 e. The van der Waals surface area contributed by atoms with Gasteiger partial charge in [-0.05, 0) is 35.9 Å². The molecule has 0 aliphatic rings. The Kier molecular flexibility index (Phi) is 8.27. The van der Waals surface area contributed by atoms with E-state index in [-0.39, 0.29) is 25.3 Å². The van der Waals surface area contributed by atoms with Gasteiger partial charge in [-0.2, -0.15) is 5.10 Å². The number of para-hydroxylation sites is 1. The molecule has 3 N–H and O–H groups in total. The molecule has 36 heavy (non-hydrogen) atoms. The zero-order valence-corrected chi connectivity index (χ0v) is 20.8. The maximum Gasteiger partial charge on any atom is 0.253 e. The fourth-order valence-corrected chi connectivity index (χ4v) is 3.98. The predicted octanol–water partition coefficient (Wildman–Crippen LogP) is 3.94. The minimum absolute atomic E-state index is 0.0940. The van der Waals surface area contributed by atoms with Crippen LogP contribution in [0, 0.1) is 0 Å². The van der Waals surface area contributed by atoms with Crippen LogP contribution in [0.3, 0.4) is 0 Å². The largest absolute Gasteiger partial charge is 0.497 e. The Morgan fingerprint density at radius 2 is 1.83 bits per heavy atom. The fraction of sp³-hybridized carbons (Fsp3) is 0.231. The van der Waals surface area contributed by atoms with Gasteiger partial charge in [0.25, 0.3) is 5.56 Å². The lowest BCUT2D eigenvalue weighted by molar-refractivity contribution is 0.0996. The zero-order valence-electron chi connectivity index (χ0n) is 20.1. The summed E-state index contributed by atoms with van der Waals surface area (Å²) >= 11 is 6.24. The Hall–Kier alpha value is -3.79. The molecule has 2 aromatic heterocycles. The average molecular weight is 510 g/mol. The smallest absolute Gasteiger partial charge is 0.253 e. The van der Waals surface area contributed by atoms with E-state index in [0.29, 0.717) is 40.0 Å². The Morgan fingerprint density at radius 1 is 1.03 bits per heavy atom. The number of hydrogen-bond donors (Lipinski definition) is 3. The highest BCUT2D eigenvalue weighted by molar-refractivity contribution is 6.33. The first-order valence-electron chi connectivity index (χ1n) is 11.3. The molecule has 0 fully saturated rings. The quantitative estimate of drug-likeness (QED) is 0.263. The highest BCUT2D eigenvalue weighted by atomic mass is 35.5. The number of anilines is 2. The molecule has 0 radical (unpaired) electrons. The molecule has 9 nitrogen and oxygen atoms in total. The van der Waals surface area contributed by atoms with Crippen molar-refractivity contribution in [1.29, 1.82) is 0 Å². The summed E-state index contributed by atoms with van der Waals surface area (Å²) < 4.78 is 14.5. The van der Waals surface area contributed by atoms with Gasteiger partial charge in [0.2, 0.25) is 0 Å². The third kappa shape index (κ3) is 6.06. The third-order valence-corrected chi connectivity index (χ3v) is 5.96. The second-order valence-electron chi connectivity index (χ2n) is 8.12. The van der Waals surface area contributed by atoms with Crippen LogP contribution in [-0.4, -0.2) is 26.6 Å². The molecule has 188 valence electrons. The number of methoxy groups -OCH3 is 1. The Morgan fingerprint density at radius 3 is 2.56 bits per heavy atom. The van der Waals surface area contributed by atoms with E-state index in [1.54, 1.807) is 28.5 Å². The van der Waals surface area contributed by atoms with Gasteiger partial charge in [-0.25, -0.2) is 0 Å². The molecule has 0 spiro atoms. The molecule has 0 saturated carbocycles. The van der Waals surface area contributed by atoms with Crippen LogP contribution in [0.4, 0.5) is 11.4 Å². The lowest BCUT2D eigenvalue weighted by Crippen LogP contribution is -2.28. The number of halogens is 1. The molecule has 0 aliphatic heterocycles. The lowest BCUT2D eigenvalue weighted by atomic mass is 10.1. The number of ether oxygens (including phenoxy) is 2. The Bertz CT molecular complexity index is 1390. The number of hydrogen-bond acceptors (Lipinski definition) is 7. The highest BCUT2D eigenvalue weighted by Crippen LogP contribution is 2.24. The number of aromatic nitrogens is 3. The third-order valence-electron chi connectivity index (χ3n) is 5.63. The van der Waals surface area contributed by atoms with Crippen LogP contribution >= 0.6 is 11.6 Å². The topological polar surface area (TPSA) is 103 Å². The van der Waals surface area contributed by atoms with Crippen LogP contribution in [0.5, 0.6) is 5.75 Å². The van der Waals surface area contributed by atoms with Crippen molar-refractivity contribution in [3.8, 4) is 5.75 Å². The molecule has 0 saturated heterocycles.